The Labute approximate surface area is 131 Å². The van der Waals surface area contributed by atoms with E-state index in [1.165, 1.54) is 5.56 Å². The van der Waals surface area contributed by atoms with Gasteiger partial charge in [0, 0.05) is 0 Å². The second kappa shape index (κ2) is 9.68. The second-order valence-corrected chi connectivity index (χ2v) is 6.24. The van der Waals surface area contributed by atoms with Crippen molar-refractivity contribution in [1.82, 2.24) is 5.32 Å². The summed E-state index contributed by atoms with van der Waals surface area (Å²) in [5.74, 6) is 2.12. The highest BCUT2D eigenvalue weighted by Crippen LogP contribution is 2.18. The van der Waals surface area contributed by atoms with Crippen molar-refractivity contribution in [2.45, 2.75) is 32.2 Å². The third-order valence-electron chi connectivity index (χ3n) is 3.19. The first kappa shape index (κ1) is 17.9. The number of carbonyl (C=O) groups excluding carboxylic acids is 1. The fraction of sp³-hybridized carbons (Fsp3) is 0.562. The Morgan fingerprint density at radius 2 is 2.00 bits per heavy atom. The normalized spacial score (nSPS) is 12.2. The van der Waals surface area contributed by atoms with Crippen LogP contribution in [0.4, 0.5) is 0 Å². The molecule has 1 aromatic carbocycles. The lowest BCUT2D eigenvalue weighted by molar-refractivity contribution is -0.122. The second-order valence-electron chi connectivity index (χ2n) is 5.25. The first-order valence-electron chi connectivity index (χ1n) is 7.29. The van der Waals surface area contributed by atoms with Gasteiger partial charge in [0.25, 0.3) is 0 Å². The lowest BCUT2D eigenvalue weighted by Gasteiger charge is -2.12. The van der Waals surface area contributed by atoms with E-state index < -0.39 is 6.04 Å². The van der Waals surface area contributed by atoms with Crippen molar-refractivity contribution in [3.8, 4) is 5.75 Å². The van der Waals surface area contributed by atoms with Crippen LogP contribution in [0.25, 0.3) is 0 Å². The molecule has 5 heteroatoms. The van der Waals surface area contributed by atoms with Crippen LogP contribution in [0, 0.1) is 0 Å². The molecular weight excluding hydrogens is 284 g/mol. The molecule has 1 aromatic rings. The summed E-state index contributed by atoms with van der Waals surface area (Å²) in [6, 6.07) is 7.62. The van der Waals surface area contributed by atoms with E-state index in [1.807, 2.05) is 18.4 Å². The predicted octanol–water partition coefficient (Wildman–Crippen LogP) is 2.39. The minimum absolute atomic E-state index is 0.109. The van der Waals surface area contributed by atoms with Gasteiger partial charge in [-0.05, 0) is 42.0 Å². The van der Waals surface area contributed by atoms with Crippen molar-refractivity contribution in [2.75, 3.05) is 25.2 Å². The number of carbonyl (C=O) groups is 1. The Kier molecular flexibility index (Phi) is 8.23. The third kappa shape index (κ3) is 6.87. The van der Waals surface area contributed by atoms with Crippen LogP contribution >= 0.6 is 11.8 Å². The standard InChI is InChI=1S/C16H26N2O2S/c1-12(2)13-4-6-14(7-5-13)20-10-9-18-16(19)15(17)8-11-21-3/h4-7,12,15H,8-11,17H2,1-3H3,(H,18,19)/t15-/m0/s1. The Hall–Kier alpha value is -1.20. The number of benzene rings is 1. The number of hydrogen-bond acceptors (Lipinski definition) is 4. The smallest absolute Gasteiger partial charge is 0.237 e. The molecule has 0 aliphatic heterocycles. The summed E-state index contributed by atoms with van der Waals surface area (Å²) in [5.41, 5.74) is 7.06. The Morgan fingerprint density at radius 3 is 2.57 bits per heavy atom. The molecule has 0 unspecified atom stereocenters. The van der Waals surface area contributed by atoms with Crippen LogP contribution in [0.3, 0.4) is 0 Å². The van der Waals surface area contributed by atoms with E-state index in [4.69, 9.17) is 10.5 Å². The minimum Gasteiger partial charge on any atom is -0.492 e. The Balaban J connectivity index is 2.23. The zero-order valence-electron chi connectivity index (χ0n) is 13.1. The van der Waals surface area contributed by atoms with Crippen molar-refractivity contribution < 1.29 is 9.53 Å². The van der Waals surface area contributed by atoms with Gasteiger partial charge in [-0.2, -0.15) is 11.8 Å². The number of hydrogen-bond donors (Lipinski definition) is 2. The van der Waals surface area contributed by atoms with Crippen molar-refractivity contribution in [1.29, 1.82) is 0 Å². The SMILES string of the molecule is CSCC[C@H](N)C(=O)NCCOc1ccc(C(C)C)cc1. The average Bonchev–Trinajstić information content (AvgIpc) is 2.49. The predicted molar refractivity (Wildman–Crippen MR) is 90.0 cm³/mol. The van der Waals surface area contributed by atoms with Gasteiger partial charge in [0.15, 0.2) is 0 Å². The molecule has 0 aliphatic carbocycles. The van der Waals surface area contributed by atoms with E-state index in [2.05, 4.69) is 31.3 Å². The first-order valence-corrected chi connectivity index (χ1v) is 8.69. The maximum atomic E-state index is 11.7. The van der Waals surface area contributed by atoms with Gasteiger partial charge >= 0.3 is 0 Å². The van der Waals surface area contributed by atoms with Gasteiger partial charge in [0.1, 0.15) is 12.4 Å². The lowest BCUT2D eigenvalue weighted by atomic mass is 10.0. The summed E-state index contributed by atoms with van der Waals surface area (Å²) >= 11 is 1.69. The van der Waals surface area contributed by atoms with E-state index in [0.29, 0.717) is 25.5 Å². The van der Waals surface area contributed by atoms with Gasteiger partial charge in [0.2, 0.25) is 5.91 Å². The number of nitrogens with two attached hydrogens (primary N) is 1. The molecule has 0 saturated heterocycles. The fourth-order valence-electron chi connectivity index (χ4n) is 1.80. The van der Waals surface area contributed by atoms with Crippen molar-refractivity contribution in [2.24, 2.45) is 5.73 Å². The summed E-state index contributed by atoms with van der Waals surface area (Å²) in [6.45, 7) is 5.23. The van der Waals surface area contributed by atoms with Crippen LogP contribution in [0.1, 0.15) is 31.7 Å². The van der Waals surface area contributed by atoms with E-state index >= 15 is 0 Å². The highest BCUT2D eigenvalue weighted by molar-refractivity contribution is 7.98. The fourth-order valence-corrected chi connectivity index (χ4v) is 2.29. The maximum Gasteiger partial charge on any atom is 0.237 e. The van der Waals surface area contributed by atoms with E-state index in [9.17, 15) is 4.79 Å². The summed E-state index contributed by atoms with van der Waals surface area (Å²) in [4.78, 5) is 11.7. The molecule has 1 rings (SSSR count). The number of thioether (sulfide) groups is 1. The third-order valence-corrected chi connectivity index (χ3v) is 3.83. The molecule has 0 spiro atoms. The Morgan fingerprint density at radius 1 is 1.33 bits per heavy atom. The van der Waals surface area contributed by atoms with Crippen LogP contribution in [0.5, 0.6) is 5.75 Å². The number of rotatable bonds is 9. The molecule has 0 aromatic heterocycles. The molecular formula is C16H26N2O2S. The lowest BCUT2D eigenvalue weighted by Crippen LogP contribution is -2.42. The topological polar surface area (TPSA) is 64.4 Å². The molecule has 0 fully saturated rings. The summed E-state index contributed by atoms with van der Waals surface area (Å²) in [5, 5.41) is 2.79. The number of ether oxygens (including phenoxy) is 1. The van der Waals surface area contributed by atoms with Crippen LogP contribution < -0.4 is 15.8 Å². The summed E-state index contributed by atoms with van der Waals surface area (Å²) in [6.07, 6.45) is 2.70. The largest absolute Gasteiger partial charge is 0.492 e. The molecule has 1 atom stereocenters. The zero-order chi connectivity index (χ0) is 15.7. The molecule has 0 aliphatic rings. The monoisotopic (exact) mass is 310 g/mol. The van der Waals surface area contributed by atoms with Gasteiger partial charge in [0.05, 0.1) is 12.6 Å². The van der Waals surface area contributed by atoms with Crippen LogP contribution in [-0.4, -0.2) is 37.1 Å². The van der Waals surface area contributed by atoms with Gasteiger partial charge in [-0.1, -0.05) is 26.0 Å². The number of amides is 1. The maximum absolute atomic E-state index is 11.7. The quantitative estimate of drug-likeness (QED) is 0.687. The van der Waals surface area contributed by atoms with Crippen molar-refractivity contribution in [3.05, 3.63) is 29.8 Å². The average molecular weight is 310 g/mol. The first-order chi connectivity index (χ1) is 10.0. The van der Waals surface area contributed by atoms with Crippen LogP contribution in [0.2, 0.25) is 0 Å². The van der Waals surface area contributed by atoms with Crippen molar-refractivity contribution >= 4 is 17.7 Å². The molecule has 0 radical (unpaired) electrons. The molecule has 0 heterocycles. The molecule has 3 N–H and O–H groups in total. The molecule has 1 amide bonds. The van der Waals surface area contributed by atoms with Gasteiger partial charge in [-0.15, -0.1) is 0 Å². The van der Waals surface area contributed by atoms with Crippen molar-refractivity contribution in [3.63, 3.8) is 0 Å². The van der Waals surface area contributed by atoms with E-state index in [-0.39, 0.29) is 5.91 Å². The van der Waals surface area contributed by atoms with Gasteiger partial charge < -0.3 is 15.8 Å². The molecule has 0 bridgehead atoms. The molecule has 4 nitrogen and oxygen atoms in total. The number of nitrogens with one attached hydrogen (secondary N) is 1. The van der Waals surface area contributed by atoms with Crippen LogP contribution in [0.15, 0.2) is 24.3 Å². The molecule has 21 heavy (non-hydrogen) atoms. The summed E-state index contributed by atoms with van der Waals surface area (Å²) in [7, 11) is 0. The minimum atomic E-state index is -0.428. The summed E-state index contributed by atoms with van der Waals surface area (Å²) < 4.78 is 5.59. The zero-order valence-corrected chi connectivity index (χ0v) is 13.9. The van der Waals surface area contributed by atoms with E-state index in [1.54, 1.807) is 11.8 Å². The van der Waals surface area contributed by atoms with Crippen LogP contribution in [-0.2, 0) is 4.79 Å². The molecule has 0 saturated carbocycles. The van der Waals surface area contributed by atoms with E-state index in [0.717, 1.165) is 11.5 Å². The highest BCUT2D eigenvalue weighted by atomic mass is 32.2. The Bertz CT molecular complexity index is 421. The van der Waals surface area contributed by atoms with Gasteiger partial charge in [-0.25, -0.2) is 0 Å². The van der Waals surface area contributed by atoms with Gasteiger partial charge in [-0.3, -0.25) is 4.79 Å². The molecule has 118 valence electrons. The highest BCUT2D eigenvalue weighted by Gasteiger charge is 2.11.